The van der Waals surface area contributed by atoms with Gasteiger partial charge in [-0.15, -0.1) is 0 Å². The van der Waals surface area contributed by atoms with Gasteiger partial charge in [0.2, 0.25) is 0 Å². The van der Waals surface area contributed by atoms with Gasteiger partial charge in [-0.2, -0.15) is 0 Å². The van der Waals surface area contributed by atoms with Crippen molar-refractivity contribution in [3.8, 4) is 0 Å². The lowest BCUT2D eigenvalue weighted by atomic mass is 10.2. The largest absolute Gasteiger partial charge is 0.379 e. The van der Waals surface area contributed by atoms with Crippen LogP contribution in [0.15, 0.2) is 44.8 Å². The van der Waals surface area contributed by atoms with E-state index < -0.39 is 0 Å². The summed E-state index contributed by atoms with van der Waals surface area (Å²) in [6, 6.07) is 9.34. The molecule has 0 atom stereocenters. The molecule has 0 fully saturated rings. The summed E-state index contributed by atoms with van der Waals surface area (Å²) in [6.45, 7) is 7.08. The van der Waals surface area contributed by atoms with E-state index in [-0.39, 0.29) is 11.7 Å². The number of thioether (sulfide) groups is 1. The molecule has 26 heavy (non-hydrogen) atoms. The van der Waals surface area contributed by atoms with E-state index in [2.05, 4.69) is 5.16 Å². The number of fused-ring (bicyclic) bond motifs is 1. The van der Waals surface area contributed by atoms with Crippen LogP contribution in [-0.4, -0.2) is 27.4 Å². The van der Waals surface area contributed by atoms with Crippen LogP contribution < -0.4 is 5.56 Å². The zero-order chi connectivity index (χ0) is 18.5. The smallest absolute Gasteiger partial charge is 0.262 e. The molecule has 2 aromatic heterocycles. The number of aromatic nitrogens is 3. The van der Waals surface area contributed by atoms with E-state index in [1.807, 2.05) is 51.1 Å². The van der Waals surface area contributed by atoms with Crippen LogP contribution in [0.1, 0.15) is 31.7 Å². The number of benzene rings is 1. The van der Waals surface area contributed by atoms with Crippen molar-refractivity contribution in [2.75, 3.05) is 6.61 Å². The molecule has 0 N–H and O–H groups in total. The van der Waals surface area contributed by atoms with E-state index >= 15 is 0 Å². The van der Waals surface area contributed by atoms with Gasteiger partial charge in [-0.3, -0.25) is 9.36 Å². The fourth-order valence-electron chi connectivity index (χ4n) is 2.62. The summed E-state index contributed by atoms with van der Waals surface area (Å²) in [5, 5.41) is 5.23. The Morgan fingerprint density at radius 3 is 2.85 bits per heavy atom. The summed E-state index contributed by atoms with van der Waals surface area (Å²) in [5.74, 6) is 1.35. The maximum Gasteiger partial charge on any atom is 0.262 e. The number of aryl methyl sites for hydroxylation is 1. The Labute approximate surface area is 156 Å². The Morgan fingerprint density at radius 2 is 2.12 bits per heavy atom. The SMILES string of the molecule is Cc1cc(CSc2nc3ccccc3c(=O)n2CCCOC(C)C)on1. The van der Waals surface area contributed by atoms with E-state index in [1.165, 1.54) is 11.8 Å². The van der Waals surface area contributed by atoms with Crippen molar-refractivity contribution in [3.63, 3.8) is 0 Å². The van der Waals surface area contributed by atoms with E-state index in [0.717, 1.165) is 17.9 Å². The minimum atomic E-state index is -0.0172. The molecule has 1 aromatic carbocycles. The van der Waals surface area contributed by atoms with Crippen LogP contribution in [0.3, 0.4) is 0 Å². The van der Waals surface area contributed by atoms with Gasteiger partial charge in [0.25, 0.3) is 5.56 Å². The van der Waals surface area contributed by atoms with Gasteiger partial charge in [-0.25, -0.2) is 4.98 Å². The molecule has 6 nitrogen and oxygen atoms in total. The maximum atomic E-state index is 12.9. The Bertz CT molecular complexity index is 933. The van der Waals surface area contributed by atoms with Gasteiger partial charge in [0.1, 0.15) is 5.76 Å². The van der Waals surface area contributed by atoms with Gasteiger partial charge >= 0.3 is 0 Å². The third-order valence-electron chi connectivity index (χ3n) is 3.82. The summed E-state index contributed by atoms with van der Waals surface area (Å²) in [6.07, 6.45) is 0.942. The number of para-hydroxylation sites is 1. The van der Waals surface area contributed by atoms with Gasteiger partial charge in [0.15, 0.2) is 5.16 Å². The molecule has 2 heterocycles. The molecule has 0 aliphatic carbocycles. The van der Waals surface area contributed by atoms with Crippen LogP contribution in [0.2, 0.25) is 0 Å². The first-order valence-electron chi connectivity index (χ1n) is 8.71. The van der Waals surface area contributed by atoms with Gasteiger partial charge in [0.05, 0.1) is 28.5 Å². The second-order valence-corrected chi connectivity index (χ2v) is 7.31. The fourth-order valence-corrected chi connectivity index (χ4v) is 3.52. The molecule has 0 amide bonds. The number of hydrogen-bond donors (Lipinski definition) is 0. The zero-order valence-corrected chi connectivity index (χ0v) is 16.1. The first kappa shape index (κ1) is 18.7. The minimum absolute atomic E-state index is 0.0172. The standard InChI is InChI=1S/C19H23N3O3S/c1-13(2)24-10-6-9-22-18(23)16-7-4-5-8-17(16)20-19(22)26-12-15-11-14(3)21-25-15/h4-5,7-8,11,13H,6,9-10,12H2,1-3H3. The lowest BCUT2D eigenvalue weighted by Crippen LogP contribution is -2.24. The molecule has 0 aliphatic heterocycles. The monoisotopic (exact) mass is 373 g/mol. The molecule has 0 radical (unpaired) electrons. The topological polar surface area (TPSA) is 70.2 Å². The van der Waals surface area contributed by atoms with E-state index in [4.69, 9.17) is 14.2 Å². The van der Waals surface area contributed by atoms with Crippen molar-refractivity contribution < 1.29 is 9.26 Å². The summed E-state index contributed by atoms with van der Waals surface area (Å²) in [4.78, 5) is 17.6. The lowest BCUT2D eigenvalue weighted by molar-refractivity contribution is 0.0743. The lowest BCUT2D eigenvalue weighted by Gasteiger charge is -2.13. The summed E-state index contributed by atoms with van der Waals surface area (Å²) in [5.41, 5.74) is 1.54. The van der Waals surface area contributed by atoms with Gasteiger partial charge in [-0.05, 0) is 39.3 Å². The number of ether oxygens (including phenoxy) is 1. The Morgan fingerprint density at radius 1 is 1.31 bits per heavy atom. The molecule has 138 valence electrons. The molecule has 0 aliphatic rings. The molecule has 0 saturated carbocycles. The molecule has 0 unspecified atom stereocenters. The van der Waals surface area contributed by atoms with Crippen LogP contribution in [0.5, 0.6) is 0 Å². The Balaban J connectivity index is 1.85. The van der Waals surface area contributed by atoms with Gasteiger partial charge in [0, 0.05) is 19.2 Å². The third kappa shape index (κ3) is 4.53. The molecule has 3 aromatic rings. The van der Waals surface area contributed by atoms with Crippen molar-refractivity contribution in [3.05, 3.63) is 52.1 Å². The van der Waals surface area contributed by atoms with Crippen LogP contribution in [0, 0.1) is 6.92 Å². The highest BCUT2D eigenvalue weighted by molar-refractivity contribution is 7.98. The van der Waals surface area contributed by atoms with Crippen LogP contribution in [0.4, 0.5) is 0 Å². The molecule has 7 heteroatoms. The van der Waals surface area contributed by atoms with Crippen LogP contribution in [-0.2, 0) is 17.0 Å². The minimum Gasteiger partial charge on any atom is -0.379 e. The summed E-state index contributed by atoms with van der Waals surface area (Å²) >= 11 is 1.48. The van der Waals surface area contributed by atoms with Crippen molar-refractivity contribution in [1.82, 2.24) is 14.7 Å². The second-order valence-electron chi connectivity index (χ2n) is 6.36. The van der Waals surface area contributed by atoms with E-state index in [0.29, 0.717) is 35.0 Å². The predicted molar refractivity (Wildman–Crippen MR) is 103 cm³/mol. The number of hydrogen-bond acceptors (Lipinski definition) is 6. The molecular formula is C19H23N3O3S. The molecule has 0 spiro atoms. The molecule has 3 rings (SSSR count). The van der Waals surface area contributed by atoms with Crippen LogP contribution in [0.25, 0.3) is 10.9 Å². The summed E-state index contributed by atoms with van der Waals surface area (Å²) in [7, 11) is 0. The highest BCUT2D eigenvalue weighted by Gasteiger charge is 2.13. The Kier molecular flexibility index (Phi) is 6.11. The van der Waals surface area contributed by atoms with E-state index in [1.54, 1.807) is 4.57 Å². The third-order valence-corrected chi connectivity index (χ3v) is 4.82. The molecular weight excluding hydrogens is 350 g/mol. The van der Waals surface area contributed by atoms with Crippen molar-refractivity contribution in [2.24, 2.45) is 0 Å². The van der Waals surface area contributed by atoms with Crippen molar-refractivity contribution in [2.45, 2.75) is 50.8 Å². The first-order chi connectivity index (χ1) is 12.5. The van der Waals surface area contributed by atoms with E-state index in [9.17, 15) is 4.79 Å². The van der Waals surface area contributed by atoms with Gasteiger partial charge < -0.3 is 9.26 Å². The van der Waals surface area contributed by atoms with Crippen LogP contribution >= 0.6 is 11.8 Å². The zero-order valence-electron chi connectivity index (χ0n) is 15.3. The number of rotatable bonds is 8. The normalized spacial score (nSPS) is 11.5. The average molecular weight is 373 g/mol. The molecule has 0 saturated heterocycles. The first-order valence-corrected chi connectivity index (χ1v) is 9.69. The summed E-state index contributed by atoms with van der Waals surface area (Å²) < 4.78 is 12.6. The fraction of sp³-hybridized carbons (Fsp3) is 0.421. The highest BCUT2D eigenvalue weighted by Crippen LogP contribution is 2.22. The quantitative estimate of drug-likeness (QED) is 0.340. The predicted octanol–water partition coefficient (Wildman–Crippen LogP) is 3.80. The second kappa shape index (κ2) is 8.51. The van der Waals surface area contributed by atoms with Gasteiger partial charge in [-0.1, -0.05) is 29.1 Å². The molecule has 0 bridgehead atoms. The Hall–Kier alpha value is -2.12. The highest BCUT2D eigenvalue weighted by atomic mass is 32.2. The van der Waals surface area contributed by atoms with Crippen molar-refractivity contribution >= 4 is 22.7 Å². The average Bonchev–Trinajstić information content (AvgIpc) is 3.04. The van der Waals surface area contributed by atoms with Crippen molar-refractivity contribution in [1.29, 1.82) is 0 Å². The maximum absolute atomic E-state index is 12.9. The number of nitrogens with zero attached hydrogens (tertiary/aromatic N) is 3.